The van der Waals surface area contributed by atoms with Gasteiger partial charge in [-0.05, 0) is 6.92 Å². The largest absolute Gasteiger partial charge is 0.461 e. The molecule has 0 aliphatic rings. The van der Waals surface area contributed by atoms with E-state index in [1.807, 2.05) is 0 Å². The minimum atomic E-state index is -0.529. The molecule has 0 heterocycles. The van der Waals surface area contributed by atoms with Gasteiger partial charge in [-0.3, -0.25) is 4.79 Å². The zero-order valence-corrected chi connectivity index (χ0v) is 5.44. The van der Waals surface area contributed by atoms with Crippen LogP contribution in [0.2, 0.25) is 0 Å². The van der Waals surface area contributed by atoms with Gasteiger partial charge in [-0.25, -0.2) is 0 Å². The highest BCUT2D eigenvalue weighted by atomic mass is 35.5. The summed E-state index contributed by atoms with van der Waals surface area (Å²) in [4.78, 5) is 10.0. The van der Waals surface area contributed by atoms with E-state index >= 15 is 0 Å². The number of alkyl halides is 1. The van der Waals surface area contributed by atoms with Gasteiger partial charge in [-0.2, -0.15) is 0 Å². The zero-order chi connectivity index (χ0) is 6.57. The van der Waals surface area contributed by atoms with Crippen LogP contribution in [0.15, 0.2) is 0 Å². The fourth-order valence-corrected chi connectivity index (χ4v) is 0.319. The van der Waals surface area contributed by atoms with Gasteiger partial charge in [-0.1, -0.05) is 0 Å². The van der Waals surface area contributed by atoms with Crippen LogP contribution in [-0.2, 0) is 9.53 Å². The number of carbonyl (C=O) groups excluding carboxylic acids is 1. The first kappa shape index (κ1) is 7.76. The molecule has 0 aliphatic heterocycles. The summed E-state index contributed by atoms with van der Waals surface area (Å²) >= 11 is 5.29. The van der Waals surface area contributed by atoms with Gasteiger partial charge in [0.25, 0.3) is 0 Å². The van der Waals surface area contributed by atoms with Crippen LogP contribution >= 0.6 is 11.6 Å². The van der Waals surface area contributed by atoms with E-state index in [2.05, 4.69) is 11.7 Å². The molecule has 0 saturated carbocycles. The normalized spacial score (nSPS) is 12.9. The number of hydrogen-bond donors (Lipinski definition) is 0. The number of esters is 1. The first-order valence-electron chi connectivity index (χ1n) is 2.25. The second-order valence-corrected chi connectivity index (χ2v) is 1.76. The van der Waals surface area contributed by atoms with Crippen LogP contribution in [0.1, 0.15) is 6.92 Å². The summed E-state index contributed by atoms with van der Waals surface area (Å²) in [5, 5.41) is 0. The Morgan fingerprint density at radius 2 is 2.50 bits per heavy atom. The summed E-state index contributed by atoms with van der Waals surface area (Å²) in [5.41, 5.74) is 0. The fourth-order valence-electron chi connectivity index (χ4n) is 0.256. The Morgan fingerprint density at radius 3 is 2.62 bits per heavy atom. The third-order valence-corrected chi connectivity index (χ3v) is 0.985. The van der Waals surface area contributed by atoms with Crippen LogP contribution in [0.5, 0.6) is 0 Å². The zero-order valence-electron chi connectivity index (χ0n) is 4.69. The molecule has 0 bridgehead atoms. The van der Waals surface area contributed by atoms with Crippen LogP contribution in [0, 0.1) is 6.92 Å². The second kappa shape index (κ2) is 3.72. The lowest BCUT2D eigenvalue weighted by Gasteiger charge is -2.05. The maximum atomic E-state index is 10.0. The van der Waals surface area contributed by atoms with Crippen LogP contribution in [0.25, 0.3) is 0 Å². The summed E-state index contributed by atoms with van der Waals surface area (Å²) in [6.45, 7) is 4.71. The third kappa shape index (κ3) is 3.93. The Hall–Kier alpha value is -0.240. The molecule has 3 heteroatoms. The first-order valence-corrected chi connectivity index (χ1v) is 2.78. The molecule has 0 rings (SSSR count). The molecule has 0 aromatic carbocycles. The molecule has 1 atom stereocenters. The number of halogens is 1. The quantitative estimate of drug-likeness (QED) is 0.417. The highest BCUT2D eigenvalue weighted by Crippen LogP contribution is 1.92. The number of ether oxygens (including phenoxy) is 1. The Kier molecular flexibility index (Phi) is 3.61. The summed E-state index contributed by atoms with van der Waals surface area (Å²) < 4.78 is 4.52. The van der Waals surface area contributed by atoms with Crippen LogP contribution in [0.4, 0.5) is 0 Å². The highest BCUT2D eigenvalue weighted by molar-refractivity contribution is 6.18. The van der Waals surface area contributed by atoms with Gasteiger partial charge in [0.05, 0.1) is 12.8 Å². The van der Waals surface area contributed by atoms with E-state index in [1.165, 1.54) is 0 Å². The molecule has 47 valence electrons. The Labute approximate surface area is 53.8 Å². The SMILES string of the molecule is [CH2]C(=O)OC(C)CCl. The first-order chi connectivity index (χ1) is 3.66. The molecule has 0 amide bonds. The van der Waals surface area contributed by atoms with Crippen LogP contribution < -0.4 is 0 Å². The van der Waals surface area contributed by atoms with Gasteiger partial charge in [0.15, 0.2) is 0 Å². The van der Waals surface area contributed by atoms with Gasteiger partial charge < -0.3 is 4.74 Å². The summed E-state index contributed by atoms with van der Waals surface area (Å²) in [6, 6.07) is 0. The standard InChI is InChI=1S/C5H8ClO2/c1-4(3-6)8-5(2)7/h4H,2-3H2,1H3. The van der Waals surface area contributed by atoms with Crippen molar-refractivity contribution in [2.45, 2.75) is 13.0 Å². The predicted molar refractivity (Wildman–Crippen MR) is 31.6 cm³/mol. The van der Waals surface area contributed by atoms with E-state index in [-0.39, 0.29) is 6.10 Å². The third-order valence-electron chi connectivity index (χ3n) is 0.550. The van der Waals surface area contributed by atoms with E-state index in [0.717, 1.165) is 0 Å². The van der Waals surface area contributed by atoms with Crippen molar-refractivity contribution in [1.82, 2.24) is 0 Å². The lowest BCUT2D eigenvalue weighted by Crippen LogP contribution is -2.13. The second-order valence-electron chi connectivity index (χ2n) is 1.45. The minimum absolute atomic E-state index is 0.221. The molecule has 0 aromatic heterocycles. The maximum absolute atomic E-state index is 10.0. The number of rotatable bonds is 2. The molecule has 0 spiro atoms. The van der Waals surface area contributed by atoms with Gasteiger partial charge >= 0.3 is 5.97 Å². The lowest BCUT2D eigenvalue weighted by atomic mass is 10.5. The van der Waals surface area contributed by atoms with Crippen molar-refractivity contribution in [3.63, 3.8) is 0 Å². The molecule has 0 saturated heterocycles. The van der Waals surface area contributed by atoms with Crippen LogP contribution in [0.3, 0.4) is 0 Å². The van der Waals surface area contributed by atoms with Crippen molar-refractivity contribution in [3.05, 3.63) is 6.92 Å². The smallest absolute Gasteiger partial charge is 0.306 e. The van der Waals surface area contributed by atoms with Gasteiger partial charge in [-0.15, -0.1) is 11.6 Å². The lowest BCUT2D eigenvalue weighted by molar-refractivity contribution is -0.141. The van der Waals surface area contributed by atoms with E-state index in [4.69, 9.17) is 11.6 Å². The van der Waals surface area contributed by atoms with Gasteiger partial charge in [0.2, 0.25) is 0 Å². The van der Waals surface area contributed by atoms with Crippen LogP contribution in [-0.4, -0.2) is 18.0 Å². The van der Waals surface area contributed by atoms with Gasteiger partial charge in [0, 0.05) is 0 Å². The molecule has 1 radical (unpaired) electrons. The average molecular weight is 136 g/mol. The molecule has 1 unspecified atom stereocenters. The van der Waals surface area contributed by atoms with Crippen molar-refractivity contribution in [2.24, 2.45) is 0 Å². The molecule has 0 N–H and O–H groups in total. The number of hydrogen-bond acceptors (Lipinski definition) is 2. The topological polar surface area (TPSA) is 26.3 Å². The van der Waals surface area contributed by atoms with E-state index in [9.17, 15) is 4.79 Å². The molecule has 2 nitrogen and oxygen atoms in total. The average Bonchev–Trinajstić information content (AvgIpc) is 1.65. The summed E-state index contributed by atoms with van der Waals surface area (Å²) in [6.07, 6.45) is -0.221. The van der Waals surface area contributed by atoms with Crippen molar-refractivity contribution in [1.29, 1.82) is 0 Å². The van der Waals surface area contributed by atoms with Crippen molar-refractivity contribution in [3.8, 4) is 0 Å². The molecule has 0 fully saturated rings. The minimum Gasteiger partial charge on any atom is -0.461 e. The monoisotopic (exact) mass is 135 g/mol. The number of carbonyl (C=O) groups is 1. The predicted octanol–water partition coefficient (Wildman–Crippen LogP) is 0.991. The Morgan fingerprint density at radius 1 is 2.00 bits per heavy atom. The van der Waals surface area contributed by atoms with Crippen molar-refractivity contribution < 1.29 is 9.53 Å². The molecule has 0 aliphatic carbocycles. The van der Waals surface area contributed by atoms with Crippen molar-refractivity contribution >= 4 is 17.6 Å². The fraction of sp³-hybridized carbons (Fsp3) is 0.600. The highest BCUT2D eigenvalue weighted by Gasteiger charge is 2.00. The Balaban J connectivity index is 3.24. The molecule has 0 aromatic rings. The van der Waals surface area contributed by atoms with Gasteiger partial charge in [0.1, 0.15) is 6.10 Å². The maximum Gasteiger partial charge on any atom is 0.306 e. The molecular formula is C5H8ClO2. The van der Waals surface area contributed by atoms with E-state index in [0.29, 0.717) is 5.88 Å². The summed E-state index contributed by atoms with van der Waals surface area (Å²) in [5.74, 6) is -0.209. The molecule has 8 heavy (non-hydrogen) atoms. The Bertz CT molecular complexity index is 82.5. The van der Waals surface area contributed by atoms with E-state index in [1.54, 1.807) is 6.92 Å². The van der Waals surface area contributed by atoms with Crippen molar-refractivity contribution in [2.75, 3.05) is 5.88 Å². The van der Waals surface area contributed by atoms with E-state index < -0.39 is 5.97 Å². The summed E-state index contributed by atoms with van der Waals surface area (Å²) in [7, 11) is 0. The molecular weight excluding hydrogens is 128 g/mol.